The Balaban J connectivity index is 0.00000161. The number of hydrogen-bond acceptors (Lipinski definition) is 5. The Morgan fingerprint density at radius 1 is 1.14 bits per heavy atom. The Kier molecular flexibility index (Phi) is 4.98. The predicted octanol–water partition coefficient (Wildman–Crippen LogP) is 2.32. The summed E-state index contributed by atoms with van der Waals surface area (Å²) in [6.07, 6.45) is 2.10. The van der Waals surface area contributed by atoms with E-state index < -0.39 is 0 Å². The molecule has 1 aliphatic heterocycles. The topological polar surface area (TPSA) is 84.1 Å². The van der Waals surface area contributed by atoms with Crippen molar-refractivity contribution in [1.82, 2.24) is 15.5 Å². The molecule has 0 saturated carbocycles. The molecule has 6 heteroatoms. The van der Waals surface area contributed by atoms with Gasteiger partial charge in [0.2, 0.25) is 0 Å². The fourth-order valence-electron chi connectivity index (χ4n) is 2.70. The molecule has 0 unspecified atom stereocenters. The average Bonchev–Trinajstić information content (AvgIpc) is 2.49. The van der Waals surface area contributed by atoms with Crippen molar-refractivity contribution in [3.05, 3.63) is 35.9 Å². The van der Waals surface area contributed by atoms with E-state index in [1.165, 1.54) is 0 Å². The van der Waals surface area contributed by atoms with Crippen molar-refractivity contribution in [3.8, 4) is 17.0 Å². The zero-order valence-corrected chi connectivity index (χ0v) is 12.4. The number of aromatic hydroxyl groups is 1. The molecule has 1 aliphatic rings. The molecule has 5 nitrogen and oxygen atoms in total. The van der Waals surface area contributed by atoms with Crippen LogP contribution in [0.4, 0.5) is 5.82 Å². The van der Waals surface area contributed by atoms with Crippen LogP contribution in [0.3, 0.4) is 0 Å². The first kappa shape index (κ1) is 15.5. The zero-order valence-electron chi connectivity index (χ0n) is 11.6. The number of phenols is 1. The van der Waals surface area contributed by atoms with Crippen molar-refractivity contribution in [3.63, 3.8) is 0 Å². The summed E-state index contributed by atoms with van der Waals surface area (Å²) in [6.45, 7) is 2.00. The third-order valence-corrected chi connectivity index (χ3v) is 3.81. The summed E-state index contributed by atoms with van der Waals surface area (Å²) in [5.74, 6) is 1.12. The van der Waals surface area contributed by atoms with Crippen LogP contribution < -0.4 is 11.1 Å². The molecule has 3 rings (SSSR count). The Morgan fingerprint density at radius 3 is 2.57 bits per heavy atom. The van der Waals surface area contributed by atoms with Gasteiger partial charge in [-0.15, -0.1) is 22.6 Å². The van der Waals surface area contributed by atoms with Gasteiger partial charge < -0.3 is 16.2 Å². The van der Waals surface area contributed by atoms with Gasteiger partial charge in [-0.05, 0) is 50.0 Å². The van der Waals surface area contributed by atoms with Crippen molar-refractivity contribution < 1.29 is 5.11 Å². The molecule has 1 saturated heterocycles. The van der Waals surface area contributed by atoms with Crippen molar-refractivity contribution in [1.29, 1.82) is 0 Å². The first-order valence-electron chi connectivity index (χ1n) is 6.88. The number of nitrogens with zero attached hydrogens (tertiary/aromatic N) is 2. The monoisotopic (exact) mass is 306 g/mol. The molecule has 0 amide bonds. The minimum absolute atomic E-state index is 0. The number of halogens is 1. The molecule has 0 radical (unpaired) electrons. The Labute approximate surface area is 130 Å². The molecule has 2 heterocycles. The molecule has 1 aromatic carbocycles. The standard InChI is InChI=1S/C15H18N4O.ClH/c16-15-12(10-5-7-17-8-6-10)9-13(18-19-15)11-3-1-2-4-14(11)20;/h1-4,9-10,17,20H,5-8H2,(H2,16,19);1H. The summed E-state index contributed by atoms with van der Waals surface area (Å²) < 4.78 is 0. The van der Waals surface area contributed by atoms with Gasteiger partial charge in [-0.25, -0.2) is 0 Å². The summed E-state index contributed by atoms with van der Waals surface area (Å²) in [6, 6.07) is 9.11. The van der Waals surface area contributed by atoms with E-state index in [2.05, 4.69) is 15.5 Å². The first-order valence-corrected chi connectivity index (χ1v) is 6.88. The number of piperidine rings is 1. The van der Waals surface area contributed by atoms with Crippen molar-refractivity contribution in [2.45, 2.75) is 18.8 Å². The number of para-hydroxylation sites is 1. The molecule has 21 heavy (non-hydrogen) atoms. The highest BCUT2D eigenvalue weighted by molar-refractivity contribution is 5.85. The number of rotatable bonds is 2. The summed E-state index contributed by atoms with van der Waals surface area (Å²) in [5.41, 5.74) is 8.38. The molecule has 0 spiro atoms. The van der Waals surface area contributed by atoms with Gasteiger partial charge in [0.1, 0.15) is 11.6 Å². The maximum atomic E-state index is 9.93. The highest BCUT2D eigenvalue weighted by Crippen LogP contribution is 2.33. The van der Waals surface area contributed by atoms with Crippen LogP contribution >= 0.6 is 12.4 Å². The normalized spacial score (nSPS) is 15.4. The van der Waals surface area contributed by atoms with Crippen LogP contribution in [-0.2, 0) is 0 Å². The maximum Gasteiger partial charge on any atom is 0.149 e. The van der Waals surface area contributed by atoms with Gasteiger partial charge in [0.25, 0.3) is 0 Å². The van der Waals surface area contributed by atoms with Crippen LogP contribution in [0.2, 0.25) is 0 Å². The third-order valence-electron chi connectivity index (χ3n) is 3.81. The number of phenolic OH excluding ortho intramolecular Hbond substituents is 1. The maximum absolute atomic E-state index is 9.93. The summed E-state index contributed by atoms with van der Waals surface area (Å²) in [4.78, 5) is 0. The number of hydrogen-bond donors (Lipinski definition) is 3. The highest BCUT2D eigenvalue weighted by Gasteiger charge is 2.20. The number of aromatic nitrogens is 2. The van der Waals surface area contributed by atoms with Gasteiger partial charge >= 0.3 is 0 Å². The van der Waals surface area contributed by atoms with E-state index in [0.717, 1.165) is 31.5 Å². The van der Waals surface area contributed by atoms with Crippen LogP contribution in [0.1, 0.15) is 24.3 Å². The second kappa shape index (κ2) is 6.74. The van der Waals surface area contributed by atoms with E-state index in [4.69, 9.17) is 5.73 Å². The Bertz CT molecular complexity index is 614. The molecule has 0 aliphatic carbocycles. The zero-order chi connectivity index (χ0) is 13.9. The van der Waals surface area contributed by atoms with Crippen LogP contribution in [0, 0.1) is 0 Å². The lowest BCUT2D eigenvalue weighted by Crippen LogP contribution is -2.27. The molecule has 0 bridgehead atoms. The largest absolute Gasteiger partial charge is 0.507 e. The van der Waals surface area contributed by atoms with Crippen molar-refractivity contribution in [2.75, 3.05) is 18.8 Å². The fraction of sp³-hybridized carbons (Fsp3) is 0.333. The van der Waals surface area contributed by atoms with Crippen LogP contribution in [0.25, 0.3) is 11.3 Å². The minimum Gasteiger partial charge on any atom is -0.507 e. The Morgan fingerprint density at radius 2 is 1.86 bits per heavy atom. The Hall–Kier alpha value is -1.85. The summed E-state index contributed by atoms with van der Waals surface area (Å²) >= 11 is 0. The minimum atomic E-state index is 0. The molecular weight excluding hydrogens is 288 g/mol. The van der Waals surface area contributed by atoms with Gasteiger partial charge in [-0.2, -0.15) is 0 Å². The summed E-state index contributed by atoms with van der Waals surface area (Å²) in [5, 5.41) is 21.5. The molecule has 0 atom stereocenters. The van der Waals surface area contributed by atoms with Gasteiger partial charge in [0, 0.05) is 11.1 Å². The van der Waals surface area contributed by atoms with E-state index >= 15 is 0 Å². The molecule has 2 aromatic rings. The van der Waals surface area contributed by atoms with Gasteiger partial charge in [0.15, 0.2) is 0 Å². The van der Waals surface area contributed by atoms with E-state index in [-0.39, 0.29) is 18.2 Å². The molecule has 112 valence electrons. The highest BCUT2D eigenvalue weighted by atomic mass is 35.5. The fourth-order valence-corrected chi connectivity index (χ4v) is 2.70. The van der Waals surface area contributed by atoms with Crippen LogP contribution in [0.15, 0.2) is 30.3 Å². The van der Waals surface area contributed by atoms with Gasteiger partial charge in [-0.1, -0.05) is 12.1 Å². The lowest BCUT2D eigenvalue weighted by Gasteiger charge is -2.23. The first-order chi connectivity index (χ1) is 9.75. The SMILES string of the molecule is Cl.Nc1nnc(-c2ccccc2O)cc1C1CCNCC1. The number of nitrogens with two attached hydrogens (primary N) is 1. The van der Waals surface area contributed by atoms with Gasteiger partial charge in [-0.3, -0.25) is 0 Å². The molecule has 4 N–H and O–H groups in total. The lowest BCUT2D eigenvalue weighted by atomic mass is 9.90. The number of anilines is 1. The van der Waals surface area contributed by atoms with Crippen LogP contribution in [-0.4, -0.2) is 28.4 Å². The lowest BCUT2D eigenvalue weighted by molar-refractivity contribution is 0.460. The number of nitrogen functional groups attached to an aromatic ring is 1. The number of nitrogens with one attached hydrogen (secondary N) is 1. The molecular formula is C15H19ClN4O. The average molecular weight is 307 g/mol. The molecule has 1 fully saturated rings. The molecule has 1 aromatic heterocycles. The number of benzene rings is 1. The quantitative estimate of drug-likeness (QED) is 0.793. The van der Waals surface area contributed by atoms with Crippen molar-refractivity contribution in [2.24, 2.45) is 0 Å². The second-order valence-corrected chi connectivity index (χ2v) is 5.11. The van der Waals surface area contributed by atoms with Crippen molar-refractivity contribution >= 4 is 18.2 Å². The van der Waals surface area contributed by atoms with Crippen LogP contribution in [0.5, 0.6) is 5.75 Å². The second-order valence-electron chi connectivity index (χ2n) is 5.11. The van der Waals surface area contributed by atoms with E-state index in [0.29, 0.717) is 23.0 Å². The third kappa shape index (κ3) is 3.25. The van der Waals surface area contributed by atoms with Gasteiger partial charge in [0.05, 0.1) is 5.69 Å². The predicted molar refractivity (Wildman–Crippen MR) is 85.6 cm³/mol. The van der Waals surface area contributed by atoms with E-state index in [1.807, 2.05) is 18.2 Å². The van der Waals surface area contributed by atoms with E-state index in [1.54, 1.807) is 12.1 Å². The smallest absolute Gasteiger partial charge is 0.149 e. The van der Waals surface area contributed by atoms with E-state index in [9.17, 15) is 5.11 Å². The summed E-state index contributed by atoms with van der Waals surface area (Å²) in [7, 11) is 0.